The zero-order chi connectivity index (χ0) is 17.0. The van der Waals surface area contributed by atoms with Gasteiger partial charge in [-0.05, 0) is 38.4 Å². The van der Waals surface area contributed by atoms with Crippen LogP contribution < -0.4 is 4.72 Å². The van der Waals surface area contributed by atoms with Gasteiger partial charge in [0.15, 0.2) is 0 Å². The van der Waals surface area contributed by atoms with E-state index >= 15 is 0 Å². The minimum atomic E-state index is -3.90. The highest BCUT2D eigenvalue weighted by Crippen LogP contribution is 2.30. The molecule has 0 bridgehead atoms. The first-order valence-electron chi connectivity index (χ1n) is 7.22. The molecule has 130 valence electrons. The van der Waals surface area contributed by atoms with E-state index in [9.17, 15) is 18.3 Å². The maximum atomic E-state index is 12.2. The topological polar surface area (TPSA) is 107 Å². The van der Waals surface area contributed by atoms with Crippen molar-refractivity contribution in [3.05, 3.63) is 15.3 Å². The fraction of sp³-hybridized carbons (Fsp3) is 0.615. The Hall–Kier alpha value is -0.710. The fourth-order valence-electron chi connectivity index (χ4n) is 2.52. The van der Waals surface area contributed by atoms with Gasteiger partial charge in [-0.3, -0.25) is 0 Å². The molecule has 3 N–H and O–H groups in total. The number of halogens is 1. The molecular formula is C13H19ClN2O5S2. The fourth-order valence-corrected chi connectivity index (χ4v) is 5.24. The van der Waals surface area contributed by atoms with Gasteiger partial charge in [-0.2, -0.15) is 0 Å². The summed E-state index contributed by atoms with van der Waals surface area (Å²) in [5.74, 6) is -1.32. The molecule has 0 radical (unpaired) electrons. The Balaban J connectivity index is 1.88. The maximum absolute atomic E-state index is 12.2. The van der Waals surface area contributed by atoms with Crippen LogP contribution in [0.5, 0.6) is 0 Å². The number of likely N-dealkylation sites (tertiary alicyclic amines) is 1. The Morgan fingerprint density at radius 3 is 2.91 bits per heavy atom. The number of carboxylic acids is 1. The third kappa shape index (κ3) is 5.13. The van der Waals surface area contributed by atoms with Crippen LogP contribution in [0.4, 0.5) is 0 Å². The van der Waals surface area contributed by atoms with E-state index in [4.69, 9.17) is 16.7 Å². The van der Waals surface area contributed by atoms with Gasteiger partial charge in [-0.15, -0.1) is 11.3 Å². The lowest BCUT2D eigenvalue weighted by molar-refractivity contribution is 0.0696. The van der Waals surface area contributed by atoms with Gasteiger partial charge in [-0.1, -0.05) is 11.6 Å². The van der Waals surface area contributed by atoms with Gasteiger partial charge >= 0.3 is 5.97 Å². The largest absolute Gasteiger partial charge is 0.477 e. The Morgan fingerprint density at radius 1 is 1.52 bits per heavy atom. The van der Waals surface area contributed by atoms with Gasteiger partial charge < -0.3 is 15.1 Å². The van der Waals surface area contributed by atoms with Gasteiger partial charge in [0.1, 0.15) is 9.77 Å². The summed E-state index contributed by atoms with van der Waals surface area (Å²) in [6.45, 7) is 2.38. The van der Waals surface area contributed by atoms with Gasteiger partial charge in [-0.25, -0.2) is 17.9 Å². The van der Waals surface area contributed by atoms with Gasteiger partial charge in [0.25, 0.3) is 0 Å². The Kier molecular flexibility index (Phi) is 6.40. The van der Waals surface area contributed by atoms with Crippen LogP contribution in [0.3, 0.4) is 0 Å². The van der Waals surface area contributed by atoms with Crippen LogP contribution in [0.25, 0.3) is 0 Å². The smallest absolute Gasteiger partial charge is 0.347 e. The summed E-state index contributed by atoms with van der Waals surface area (Å²) in [6, 6.07) is 1.15. The highest BCUT2D eigenvalue weighted by Gasteiger charge is 2.25. The summed E-state index contributed by atoms with van der Waals surface area (Å²) in [5.41, 5.74) is 0. The molecule has 1 fully saturated rings. The molecule has 0 aliphatic carbocycles. The van der Waals surface area contributed by atoms with Crippen LogP contribution in [0.1, 0.15) is 28.9 Å². The number of sulfonamides is 1. The Morgan fingerprint density at radius 2 is 2.26 bits per heavy atom. The number of aliphatic hydroxyl groups is 1. The van der Waals surface area contributed by atoms with Crippen LogP contribution in [0, 0.1) is 0 Å². The Labute approximate surface area is 143 Å². The molecule has 0 spiro atoms. The van der Waals surface area contributed by atoms with Crippen LogP contribution in [-0.2, 0) is 10.0 Å². The molecule has 1 aromatic rings. The van der Waals surface area contributed by atoms with Crippen molar-refractivity contribution < 1.29 is 23.4 Å². The van der Waals surface area contributed by atoms with Crippen LogP contribution in [0.2, 0.25) is 4.34 Å². The van der Waals surface area contributed by atoms with Crippen molar-refractivity contribution >= 4 is 38.9 Å². The van der Waals surface area contributed by atoms with Gasteiger partial charge in [0, 0.05) is 13.1 Å². The minimum Gasteiger partial charge on any atom is -0.477 e. The molecule has 1 aliphatic rings. The van der Waals surface area contributed by atoms with E-state index in [1.165, 1.54) is 0 Å². The standard InChI is InChI=1S/C13H19ClN2O5S2/c14-11-7-10(12(22-11)13(18)19)23(20,21)15-4-2-6-16-5-1-3-9(17)8-16/h7,9,15,17H,1-6,8H2,(H,18,19)/t9-/m1/s1. The third-order valence-corrected chi connectivity index (χ3v) is 6.44. The van der Waals surface area contributed by atoms with E-state index in [2.05, 4.69) is 9.62 Å². The van der Waals surface area contributed by atoms with Gasteiger partial charge in [0.05, 0.1) is 10.4 Å². The van der Waals surface area contributed by atoms with E-state index in [0.29, 0.717) is 19.5 Å². The van der Waals surface area contributed by atoms with Crippen molar-refractivity contribution in [2.45, 2.75) is 30.3 Å². The number of carboxylic acid groups (broad SMARTS) is 1. The number of nitrogens with zero attached hydrogens (tertiary/aromatic N) is 1. The average Bonchev–Trinajstić information content (AvgIpc) is 2.87. The Bertz CT molecular complexity index is 661. The van der Waals surface area contributed by atoms with Crippen molar-refractivity contribution in [3.8, 4) is 0 Å². The molecule has 23 heavy (non-hydrogen) atoms. The number of nitrogens with one attached hydrogen (secondary N) is 1. The first kappa shape index (κ1) is 18.6. The summed E-state index contributed by atoms with van der Waals surface area (Å²) in [4.78, 5) is 12.6. The number of hydrogen-bond acceptors (Lipinski definition) is 6. The minimum absolute atomic E-state index is 0.116. The van der Waals surface area contributed by atoms with E-state index in [1.807, 2.05) is 0 Å². The molecule has 1 saturated heterocycles. The van der Waals surface area contributed by atoms with E-state index in [1.54, 1.807) is 0 Å². The molecule has 2 heterocycles. The van der Waals surface area contributed by atoms with E-state index < -0.39 is 16.0 Å². The molecule has 0 amide bonds. The molecule has 1 aliphatic heterocycles. The summed E-state index contributed by atoms with van der Waals surface area (Å²) >= 11 is 6.45. The lowest BCUT2D eigenvalue weighted by atomic mass is 10.1. The third-order valence-electron chi connectivity index (χ3n) is 3.58. The first-order chi connectivity index (χ1) is 10.8. The molecule has 7 nitrogen and oxygen atoms in total. The summed E-state index contributed by atoms with van der Waals surface area (Å²) in [5, 5.41) is 18.6. The predicted octanol–water partition coefficient (Wildman–Crippen LogP) is 1.22. The predicted molar refractivity (Wildman–Crippen MR) is 87.8 cm³/mol. The normalized spacial score (nSPS) is 19.8. The zero-order valence-corrected chi connectivity index (χ0v) is 14.8. The summed E-state index contributed by atoms with van der Waals surface area (Å²) < 4.78 is 26.9. The number of hydrogen-bond donors (Lipinski definition) is 3. The second-order valence-electron chi connectivity index (χ2n) is 5.40. The van der Waals surface area contributed by atoms with E-state index in [0.717, 1.165) is 36.8 Å². The van der Waals surface area contributed by atoms with Crippen LogP contribution in [0.15, 0.2) is 11.0 Å². The number of rotatable bonds is 7. The number of piperidine rings is 1. The molecule has 1 atom stereocenters. The molecule has 1 aromatic heterocycles. The van der Waals surface area contributed by atoms with Crippen molar-refractivity contribution in [3.63, 3.8) is 0 Å². The average molecular weight is 383 g/mol. The van der Waals surface area contributed by atoms with Crippen LogP contribution in [-0.4, -0.2) is 61.8 Å². The second kappa shape index (κ2) is 7.91. The number of carbonyl (C=O) groups is 1. The summed E-state index contributed by atoms with van der Waals surface area (Å²) in [6.07, 6.45) is 2.00. The van der Waals surface area contributed by atoms with Crippen molar-refractivity contribution in [2.24, 2.45) is 0 Å². The van der Waals surface area contributed by atoms with E-state index in [-0.39, 0.29) is 26.8 Å². The van der Waals surface area contributed by atoms with Gasteiger partial charge in [0.2, 0.25) is 10.0 Å². The molecule has 10 heteroatoms. The molecule has 2 rings (SSSR count). The first-order valence-corrected chi connectivity index (χ1v) is 9.90. The number of thiophene rings is 1. The second-order valence-corrected chi connectivity index (χ2v) is 8.82. The maximum Gasteiger partial charge on any atom is 0.347 e. The number of aromatic carboxylic acids is 1. The highest BCUT2D eigenvalue weighted by molar-refractivity contribution is 7.89. The molecule has 0 saturated carbocycles. The zero-order valence-electron chi connectivity index (χ0n) is 12.4. The molecule has 0 aromatic carbocycles. The summed E-state index contributed by atoms with van der Waals surface area (Å²) in [7, 11) is -3.90. The van der Waals surface area contributed by atoms with Crippen molar-refractivity contribution in [2.75, 3.05) is 26.2 Å². The number of β-amino-alcohol motifs (C(OH)–C–C–N with tert-alkyl or cyclic N) is 1. The molecule has 0 unspecified atom stereocenters. The molecular weight excluding hydrogens is 364 g/mol. The SMILES string of the molecule is O=C(O)c1sc(Cl)cc1S(=O)(=O)NCCCN1CCC[C@@H](O)C1. The monoisotopic (exact) mass is 382 g/mol. The lowest BCUT2D eigenvalue weighted by Gasteiger charge is -2.29. The van der Waals surface area contributed by atoms with Crippen molar-refractivity contribution in [1.82, 2.24) is 9.62 Å². The van der Waals surface area contributed by atoms with Crippen LogP contribution >= 0.6 is 22.9 Å². The quantitative estimate of drug-likeness (QED) is 0.612. The van der Waals surface area contributed by atoms with Crippen molar-refractivity contribution in [1.29, 1.82) is 0 Å². The number of aliphatic hydroxyl groups excluding tert-OH is 1. The highest BCUT2D eigenvalue weighted by atomic mass is 35.5. The lowest BCUT2D eigenvalue weighted by Crippen LogP contribution is -2.39.